The molecule has 1 aromatic carbocycles. The first-order chi connectivity index (χ1) is 6.58. The van der Waals surface area contributed by atoms with Crippen molar-refractivity contribution in [1.29, 1.82) is 0 Å². The molecule has 2 rings (SSSR count). The van der Waals surface area contributed by atoms with E-state index in [4.69, 9.17) is 5.11 Å². The number of thiol groups is 1. The third-order valence-corrected chi connectivity index (χ3v) is 3.38. The van der Waals surface area contributed by atoms with Crippen LogP contribution in [0.3, 0.4) is 0 Å². The van der Waals surface area contributed by atoms with Gasteiger partial charge in [0.2, 0.25) is 0 Å². The van der Waals surface area contributed by atoms with E-state index in [0.29, 0.717) is 5.56 Å². The van der Waals surface area contributed by atoms with Gasteiger partial charge in [0, 0.05) is 4.70 Å². The topological polar surface area (TPSA) is 37.3 Å². The second-order valence-corrected chi connectivity index (χ2v) is 4.96. The molecular weight excluding hydrogens is 216 g/mol. The molecule has 0 bridgehead atoms. The van der Waals surface area contributed by atoms with Gasteiger partial charge in [-0.2, -0.15) is 0 Å². The molecule has 1 N–H and O–H groups in total. The van der Waals surface area contributed by atoms with Gasteiger partial charge in [-0.3, -0.25) is 0 Å². The molecule has 1 heterocycles. The molecule has 0 saturated heterocycles. The van der Waals surface area contributed by atoms with Gasteiger partial charge in [-0.1, -0.05) is 0 Å². The van der Waals surface area contributed by atoms with Crippen LogP contribution in [0.25, 0.3) is 10.1 Å². The van der Waals surface area contributed by atoms with E-state index < -0.39 is 5.97 Å². The van der Waals surface area contributed by atoms with Crippen LogP contribution >= 0.6 is 24.0 Å². The maximum atomic E-state index is 10.9. The molecule has 0 amide bonds. The fourth-order valence-electron chi connectivity index (χ4n) is 1.42. The zero-order valence-corrected chi connectivity index (χ0v) is 9.15. The number of aromatic carboxylic acids is 1. The van der Waals surface area contributed by atoms with Gasteiger partial charge in [-0.15, -0.1) is 24.0 Å². The minimum absolute atomic E-state index is 0.368. The third-order valence-electron chi connectivity index (χ3n) is 2.08. The van der Waals surface area contributed by atoms with Crippen LogP contribution in [0.1, 0.15) is 15.9 Å². The molecule has 14 heavy (non-hydrogen) atoms. The van der Waals surface area contributed by atoms with Crippen LogP contribution in [0.4, 0.5) is 0 Å². The highest BCUT2D eigenvalue weighted by Gasteiger charge is 2.09. The average Bonchev–Trinajstić information content (AvgIpc) is 2.42. The Hall–Kier alpha value is -1.00. The summed E-state index contributed by atoms with van der Waals surface area (Å²) in [6.07, 6.45) is 0. The predicted octanol–water partition coefficient (Wildman–Crippen LogP) is 3.20. The zero-order chi connectivity index (χ0) is 10.3. The molecule has 0 aliphatic rings. The van der Waals surface area contributed by atoms with E-state index in [9.17, 15) is 4.79 Å². The van der Waals surface area contributed by atoms with Gasteiger partial charge in [0.25, 0.3) is 0 Å². The van der Waals surface area contributed by atoms with Crippen LogP contribution in [0.5, 0.6) is 0 Å². The van der Waals surface area contributed by atoms with Crippen molar-refractivity contribution in [1.82, 2.24) is 0 Å². The van der Waals surface area contributed by atoms with E-state index in [1.165, 1.54) is 11.3 Å². The molecule has 72 valence electrons. The number of rotatable bonds is 1. The number of hydrogen-bond acceptors (Lipinski definition) is 3. The number of carboxylic acid groups (broad SMARTS) is 1. The molecule has 4 heteroatoms. The quantitative estimate of drug-likeness (QED) is 0.730. The number of thiophene rings is 1. The Morgan fingerprint density at radius 2 is 2.14 bits per heavy atom. The molecule has 0 fully saturated rings. The number of benzene rings is 1. The maximum absolute atomic E-state index is 10.9. The summed E-state index contributed by atoms with van der Waals surface area (Å²) in [7, 11) is 0. The minimum Gasteiger partial charge on any atom is -0.478 e. The van der Waals surface area contributed by atoms with Gasteiger partial charge >= 0.3 is 5.97 Å². The monoisotopic (exact) mass is 224 g/mol. The molecule has 0 aliphatic heterocycles. The molecule has 2 nitrogen and oxygen atoms in total. The highest BCUT2D eigenvalue weighted by Crippen LogP contribution is 2.30. The third kappa shape index (κ3) is 1.51. The molecular formula is C10H8O2S2. The first-order valence-corrected chi connectivity index (χ1v) is 5.31. The minimum atomic E-state index is -0.876. The van der Waals surface area contributed by atoms with Crippen molar-refractivity contribution in [3.8, 4) is 0 Å². The summed E-state index contributed by atoms with van der Waals surface area (Å²) in [5, 5.41) is 9.98. The van der Waals surface area contributed by atoms with Gasteiger partial charge in [0.1, 0.15) is 0 Å². The van der Waals surface area contributed by atoms with Crippen LogP contribution in [0, 0.1) is 6.92 Å². The Labute approximate surface area is 90.6 Å². The van der Waals surface area contributed by atoms with Gasteiger partial charge < -0.3 is 5.11 Å². The average molecular weight is 224 g/mol. The molecule has 0 saturated carbocycles. The fraction of sp³-hybridized carbons (Fsp3) is 0.100. The lowest BCUT2D eigenvalue weighted by molar-refractivity contribution is 0.0696. The highest BCUT2D eigenvalue weighted by atomic mass is 32.2. The molecule has 2 aromatic rings. The summed E-state index contributed by atoms with van der Waals surface area (Å²) >= 11 is 5.73. The maximum Gasteiger partial charge on any atom is 0.336 e. The second-order valence-electron chi connectivity index (χ2n) is 3.09. The van der Waals surface area contributed by atoms with Crippen LogP contribution in [-0.2, 0) is 0 Å². The van der Waals surface area contributed by atoms with E-state index in [0.717, 1.165) is 19.9 Å². The van der Waals surface area contributed by atoms with Crippen molar-refractivity contribution < 1.29 is 9.90 Å². The van der Waals surface area contributed by atoms with Crippen LogP contribution in [0.15, 0.2) is 22.4 Å². The first-order valence-electron chi connectivity index (χ1n) is 4.04. The number of carboxylic acids is 1. The summed E-state index contributed by atoms with van der Waals surface area (Å²) in [4.78, 5) is 10.9. The SMILES string of the molecule is Cc1cc2cc(S)sc2cc1C(=O)O. The van der Waals surface area contributed by atoms with E-state index >= 15 is 0 Å². The van der Waals surface area contributed by atoms with Crippen molar-refractivity contribution in [2.75, 3.05) is 0 Å². The summed E-state index contributed by atoms with van der Waals surface area (Å²) in [6.45, 7) is 1.80. The Balaban J connectivity index is 2.76. The van der Waals surface area contributed by atoms with E-state index in [-0.39, 0.29) is 0 Å². The smallest absolute Gasteiger partial charge is 0.336 e. The number of fused-ring (bicyclic) bond motifs is 1. The van der Waals surface area contributed by atoms with Crippen molar-refractivity contribution in [3.05, 3.63) is 29.3 Å². The lowest BCUT2D eigenvalue weighted by Gasteiger charge is -1.99. The number of hydrogen-bond donors (Lipinski definition) is 2. The van der Waals surface area contributed by atoms with Crippen molar-refractivity contribution in [3.63, 3.8) is 0 Å². The summed E-state index contributed by atoms with van der Waals surface area (Å²) in [6, 6.07) is 5.54. The normalized spacial score (nSPS) is 10.7. The predicted molar refractivity (Wildman–Crippen MR) is 60.8 cm³/mol. The Kier molecular flexibility index (Phi) is 2.25. The van der Waals surface area contributed by atoms with Gasteiger partial charge in [0.05, 0.1) is 9.77 Å². The molecule has 0 unspecified atom stereocenters. The Bertz CT molecular complexity index is 514. The molecule has 1 aromatic heterocycles. The van der Waals surface area contributed by atoms with E-state index in [1.807, 2.05) is 12.1 Å². The van der Waals surface area contributed by atoms with Crippen molar-refractivity contribution >= 4 is 40.0 Å². The zero-order valence-electron chi connectivity index (χ0n) is 7.44. The molecule has 0 atom stereocenters. The van der Waals surface area contributed by atoms with Crippen LogP contribution < -0.4 is 0 Å². The molecule has 0 radical (unpaired) electrons. The van der Waals surface area contributed by atoms with Gasteiger partial charge in [0.15, 0.2) is 0 Å². The number of aryl methyl sites for hydroxylation is 1. The van der Waals surface area contributed by atoms with E-state index in [2.05, 4.69) is 12.6 Å². The highest BCUT2D eigenvalue weighted by molar-refractivity contribution is 7.83. The molecule has 0 spiro atoms. The van der Waals surface area contributed by atoms with Gasteiger partial charge in [-0.25, -0.2) is 4.79 Å². The largest absolute Gasteiger partial charge is 0.478 e. The van der Waals surface area contributed by atoms with E-state index in [1.54, 1.807) is 13.0 Å². The molecule has 0 aliphatic carbocycles. The lowest BCUT2D eigenvalue weighted by Crippen LogP contribution is -1.98. The Morgan fingerprint density at radius 1 is 1.43 bits per heavy atom. The number of carbonyl (C=O) groups is 1. The second kappa shape index (κ2) is 3.29. The summed E-state index contributed by atoms with van der Waals surface area (Å²) < 4.78 is 1.87. The van der Waals surface area contributed by atoms with Crippen LogP contribution in [-0.4, -0.2) is 11.1 Å². The summed E-state index contributed by atoms with van der Waals surface area (Å²) in [5.74, 6) is -0.876. The fourth-order valence-corrected chi connectivity index (χ4v) is 2.67. The first kappa shape index (κ1) is 9.55. The van der Waals surface area contributed by atoms with Crippen LogP contribution in [0.2, 0.25) is 0 Å². The van der Waals surface area contributed by atoms with Gasteiger partial charge in [-0.05, 0) is 36.1 Å². The van der Waals surface area contributed by atoms with Crippen molar-refractivity contribution in [2.45, 2.75) is 11.1 Å². The summed E-state index contributed by atoms with van der Waals surface area (Å²) in [5.41, 5.74) is 1.16. The Morgan fingerprint density at radius 3 is 2.79 bits per heavy atom. The lowest BCUT2D eigenvalue weighted by atomic mass is 10.1. The van der Waals surface area contributed by atoms with Crippen molar-refractivity contribution in [2.24, 2.45) is 0 Å². The standard InChI is InChI=1S/C10H8O2S2/c1-5-2-6-3-9(13)14-8(6)4-7(5)10(11)12/h2-4,13H,1H3,(H,11,12).